The van der Waals surface area contributed by atoms with Gasteiger partial charge in [-0.05, 0) is 37.1 Å². The molecule has 110 valence electrons. The van der Waals surface area contributed by atoms with Crippen LogP contribution < -0.4 is 10.5 Å². The van der Waals surface area contributed by atoms with Crippen molar-refractivity contribution < 1.29 is 9.90 Å². The maximum Gasteiger partial charge on any atom is 0.308 e. The lowest BCUT2D eigenvalue weighted by Gasteiger charge is -2.32. The summed E-state index contributed by atoms with van der Waals surface area (Å²) in [5, 5.41) is 10.2. The summed E-state index contributed by atoms with van der Waals surface area (Å²) in [6.45, 7) is 1.42. The summed E-state index contributed by atoms with van der Waals surface area (Å²) in [7, 11) is 1.76. The Morgan fingerprint density at radius 2 is 2.10 bits per heavy atom. The van der Waals surface area contributed by atoms with E-state index >= 15 is 0 Å². The minimum Gasteiger partial charge on any atom is -0.481 e. The van der Waals surface area contributed by atoms with Crippen molar-refractivity contribution in [1.29, 1.82) is 0 Å². The second kappa shape index (κ2) is 5.24. The van der Waals surface area contributed by atoms with E-state index in [1.807, 2.05) is 24.3 Å². The molecule has 21 heavy (non-hydrogen) atoms. The van der Waals surface area contributed by atoms with E-state index in [2.05, 4.69) is 4.90 Å². The predicted octanol–water partition coefficient (Wildman–Crippen LogP) is 1.84. The Labute approximate surface area is 122 Å². The number of aryl methyl sites for hydroxylation is 1. The van der Waals surface area contributed by atoms with Gasteiger partial charge in [0.05, 0.1) is 11.4 Å². The second-order valence-electron chi connectivity index (χ2n) is 5.60. The van der Waals surface area contributed by atoms with Crippen LogP contribution in [0.3, 0.4) is 0 Å². The van der Waals surface area contributed by atoms with Crippen molar-refractivity contribution in [2.45, 2.75) is 12.8 Å². The first kappa shape index (κ1) is 13.7. The Balaban J connectivity index is 1.96. The lowest BCUT2D eigenvalue weighted by Crippen LogP contribution is -2.38. The third-order valence-corrected chi connectivity index (χ3v) is 4.24. The van der Waals surface area contributed by atoms with Crippen molar-refractivity contribution in [2.24, 2.45) is 13.0 Å². The van der Waals surface area contributed by atoms with Crippen LogP contribution in [0, 0.1) is 5.92 Å². The largest absolute Gasteiger partial charge is 0.481 e. The number of carboxylic acids is 1. The number of nitrogens with zero attached hydrogens (tertiary/aromatic N) is 2. The van der Waals surface area contributed by atoms with E-state index in [1.54, 1.807) is 17.7 Å². The smallest absolute Gasteiger partial charge is 0.308 e. The fraction of sp³-hybridized carbons (Fsp3) is 0.375. The molecule has 5 nitrogen and oxygen atoms in total. The number of aliphatic carboxylic acids is 1. The molecule has 0 spiro atoms. The summed E-state index contributed by atoms with van der Waals surface area (Å²) in [6, 6.07) is 9.30. The molecule has 0 aliphatic carbocycles. The predicted molar refractivity (Wildman–Crippen MR) is 81.8 cm³/mol. The molecule has 1 saturated heterocycles. The van der Waals surface area contributed by atoms with Gasteiger partial charge >= 0.3 is 5.97 Å². The number of pyridine rings is 1. The molecule has 5 heteroatoms. The summed E-state index contributed by atoms with van der Waals surface area (Å²) >= 11 is 0. The number of carbonyl (C=O) groups is 1. The quantitative estimate of drug-likeness (QED) is 0.915. The zero-order valence-corrected chi connectivity index (χ0v) is 12.0. The van der Waals surface area contributed by atoms with Crippen molar-refractivity contribution in [3.63, 3.8) is 0 Å². The molecular formula is C16H18N2O3. The van der Waals surface area contributed by atoms with E-state index in [1.165, 1.54) is 0 Å². The number of aromatic nitrogens is 1. The van der Waals surface area contributed by atoms with Crippen LogP contribution in [0.15, 0.2) is 35.1 Å². The molecule has 1 atom stereocenters. The van der Waals surface area contributed by atoms with E-state index < -0.39 is 5.97 Å². The Bertz CT molecular complexity index is 751. The van der Waals surface area contributed by atoms with Gasteiger partial charge in [-0.25, -0.2) is 0 Å². The fourth-order valence-electron chi connectivity index (χ4n) is 2.98. The van der Waals surface area contributed by atoms with Gasteiger partial charge in [-0.1, -0.05) is 0 Å². The average Bonchev–Trinajstić information content (AvgIpc) is 2.51. The monoisotopic (exact) mass is 286 g/mol. The van der Waals surface area contributed by atoms with E-state index in [4.69, 9.17) is 0 Å². The maximum absolute atomic E-state index is 11.6. The molecule has 0 bridgehead atoms. The molecule has 1 aliphatic rings. The van der Waals surface area contributed by atoms with Crippen LogP contribution in [0.1, 0.15) is 12.8 Å². The van der Waals surface area contributed by atoms with E-state index in [0.717, 1.165) is 36.0 Å². The first-order chi connectivity index (χ1) is 10.1. The van der Waals surface area contributed by atoms with Crippen molar-refractivity contribution in [3.05, 3.63) is 40.7 Å². The molecule has 1 aliphatic heterocycles. The number of benzene rings is 1. The number of piperidine rings is 1. The second-order valence-corrected chi connectivity index (χ2v) is 5.60. The minimum absolute atomic E-state index is 0.0286. The molecule has 2 aromatic rings. The highest BCUT2D eigenvalue weighted by molar-refractivity contribution is 5.83. The van der Waals surface area contributed by atoms with Gasteiger partial charge in [-0.2, -0.15) is 0 Å². The Hall–Kier alpha value is -2.30. The van der Waals surface area contributed by atoms with Crippen LogP contribution in [0.25, 0.3) is 10.9 Å². The van der Waals surface area contributed by atoms with Gasteiger partial charge in [0, 0.05) is 37.3 Å². The van der Waals surface area contributed by atoms with Gasteiger partial charge in [-0.3, -0.25) is 9.59 Å². The van der Waals surface area contributed by atoms with Gasteiger partial charge < -0.3 is 14.6 Å². The third-order valence-electron chi connectivity index (χ3n) is 4.24. The Morgan fingerprint density at radius 1 is 1.29 bits per heavy atom. The van der Waals surface area contributed by atoms with Gasteiger partial charge in [0.2, 0.25) is 0 Å². The fourth-order valence-corrected chi connectivity index (χ4v) is 2.98. The maximum atomic E-state index is 11.6. The number of hydrogen-bond donors (Lipinski definition) is 1. The van der Waals surface area contributed by atoms with Crippen molar-refractivity contribution in [1.82, 2.24) is 4.57 Å². The number of rotatable bonds is 2. The standard InChI is InChI=1S/C16H18N2O3/c1-17-14-6-5-13(9-11(14)4-7-15(17)19)18-8-2-3-12(10-18)16(20)21/h4-7,9,12H,2-3,8,10H2,1H3,(H,20,21). The first-order valence-corrected chi connectivity index (χ1v) is 7.14. The lowest BCUT2D eigenvalue weighted by atomic mass is 9.97. The highest BCUT2D eigenvalue weighted by Crippen LogP contribution is 2.26. The number of anilines is 1. The topological polar surface area (TPSA) is 62.5 Å². The summed E-state index contributed by atoms with van der Waals surface area (Å²) in [4.78, 5) is 24.9. The zero-order chi connectivity index (χ0) is 15.0. The Morgan fingerprint density at radius 3 is 2.86 bits per heavy atom. The van der Waals surface area contributed by atoms with Crippen LogP contribution in [-0.4, -0.2) is 28.7 Å². The summed E-state index contributed by atoms with van der Waals surface area (Å²) in [5.74, 6) is -1.02. The van der Waals surface area contributed by atoms with Crippen molar-refractivity contribution in [2.75, 3.05) is 18.0 Å². The van der Waals surface area contributed by atoms with Crippen molar-refractivity contribution >= 4 is 22.6 Å². The molecule has 1 unspecified atom stereocenters. The molecule has 0 saturated carbocycles. The normalized spacial score (nSPS) is 18.9. The molecule has 1 aromatic carbocycles. The highest BCUT2D eigenvalue weighted by Gasteiger charge is 2.25. The molecule has 1 fully saturated rings. The van der Waals surface area contributed by atoms with E-state index in [0.29, 0.717) is 6.54 Å². The molecular weight excluding hydrogens is 268 g/mol. The third kappa shape index (κ3) is 2.51. The van der Waals surface area contributed by atoms with Crippen LogP contribution >= 0.6 is 0 Å². The van der Waals surface area contributed by atoms with E-state index in [-0.39, 0.29) is 11.5 Å². The molecule has 0 radical (unpaired) electrons. The molecule has 1 N–H and O–H groups in total. The summed E-state index contributed by atoms with van der Waals surface area (Å²) < 4.78 is 1.62. The first-order valence-electron chi connectivity index (χ1n) is 7.14. The highest BCUT2D eigenvalue weighted by atomic mass is 16.4. The summed E-state index contributed by atoms with van der Waals surface area (Å²) in [5.41, 5.74) is 1.88. The van der Waals surface area contributed by atoms with Crippen LogP contribution in [0.2, 0.25) is 0 Å². The average molecular weight is 286 g/mol. The number of carboxylic acid groups (broad SMARTS) is 1. The molecule has 2 heterocycles. The van der Waals surface area contributed by atoms with Crippen LogP contribution in [-0.2, 0) is 11.8 Å². The summed E-state index contributed by atoms with van der Waals surface area (Å²) in [6.07, 6.45) is 1.64. The van der Waals surface area contributed by atoms with Gasteiger partial charge in [0.1, 0.15) is 0 Å². The van der Waals surface area contributed by atoms with Gasteiger partial charge in [-0.15, -0.1) is 0 Å². The number of fused-ring (bicyclic) bond motifs is 1. The lowest BCUT2D eigenvalue weighted by molar-refractivity contribution is -0.141. The van der Waals surface area contributed by atoms with Crippen LogP contribution in [0.4, 0.5) is 5.69 Å². The molecule has 1 aromatic heterocycles. The SMILES string of the molecule is Cn1c(=O)ccc2cc(N3CCCC(C(=O)O)C3)ccc21. The molecule has 0 amide bonds. The molecule has 3 rings (SSSR count). The zero-order valence-electron chi connectivity index (χ0n) is 12.0. The Kier molecular flexibility index (Phi) is 3.41. The van der Waals surface area contributed by atoms with Crippen molar-refractivity contribution in [3.8, 4) is 0 Å². The minimum atomic E-state index is -0.720. The van der Waals surface area contributed by atoms with E-state index in [9.17, 15) is 14.7 Å². The van der Waals surface area contributed by atoms with Crippen LogP contribution in [0.5, 0.6) is 0 Å². The van der Waals surface area contributed by atoms with Gasteiger partial charge in [0.15, 0.2) is 0 Å². The van der Waals surface area contributed by atoms with Gasteiger partial charge in [0.25, 0.3) is 5.56 Å². The number of hydrogen-bond acceptors (Lipinski definition) is 3.